The summed E-state index contributed by atoms with van der Waals surface area (Å²) in [4.78, 5) is 0. The molecule has 2 saturated carbocycles. The van der Waals surface area contributed by atoms with Gasteiger partial charge >= 0.3 is 0 Å². The third kappa shape index (κ3) is 1.72. The molecule has 0 aliphatic heterocycles. The molecule has 0 aromatic heterocycles. The fourth-order valence-electron chi connectivity index (χ4n) is 3.79. The number of hydrogen-bond acceptors (Lipinski definition) is 2. The Bertz CT molecular complexity index is 241. The van der Waals surface area contributed by atoms with E-state index in [1.165, 1.54) is 12.8 Å². The SMILES string of the molecule is CC1(C)CCC(O)(C2(CO)CCCC2)C1. The quantitative estimate of drug-likeness (QED) is 0.738. The van der Waals surface area contributed by atoms with Crippen molar-refractivity contribution in [1.82, 2.24) is 0 Å². The van der Waals surface area contributed by atoms with E-state index in [4.69, 9.17) is 0 Å². The molecule has 1 atom stereocenters. The minimum Gasteiger partial charge on any atom is -0.396 e. The first-order chi connectivity index (χ1) is 6.93. The van der Waals surface area contributed by atoms with E-state index in [0.29, 0.717) is 0 Å². The molecule has 0 aromatic rings. The summed E-state index contributed by atoms with van der Waals surface area (Å²) in [5.74, 6) is 0. The second kappa shape index (κ2) is 3.46. The molecule has 0 amide bonds. The average molecular weight is 212 g/mol. The van der Waals surface area contributed by atoms with Crippen LogP contribution in [-0.4, -0.2) is 22.4 Å². The second-order valence-electron chi connectivity index (χ2n) is 6.52. The summed E-state index contributed by atoms with van der Waals surface area (Å²) in [6, 6.07) is 0. The Morgan fingerprint density at radius 1 is 1.00 bits per heavy atom. The van der Waals surface area contributed by atoms with Gasteiger partial charge in [-0.2, -0.15) is 0 Å². The third-order valence-corrected chi connectivity index (χ3v) is 4.84. The van der Waals surface area contributed by atoms with Gasteiger partial charge in [-0.3, -0.25) is 0 Å². The molecule has 2 rings (SSSR count). The lowest BCUT2D eigenvalue weighted by atomic mass is 9.68. The molecule has 0 aromatic carbocycles. The zero-order valence-corrected chi connectivity index (χ0v) is 10.1. The van der Waals surface area contributed by atoms with Gasteiger partial charge in [0.1, 0.15) is 0 Å². The van der Waals surface area contributed by atoms with Crippen LogP contribution in [-0.2, 0) is 0 Å². The fourth-order valence-corrected chi connectivity index (χ4v) is 3.79. The van der Waals surface area contributed by atoms with Crippen molar-refractivity contribution < 1.29 is 10.2 Å². The van der Waals surface area contributed by atoms with E-state index in [1.807, 2.05) is 0 Å². The van der Waals surface area contributed by atoms with Crippen LogP contribution in [0.1, 0.15) is 58.8 Å². The molecule has 0 spiro atoms. The van der Waals surface area contributed by atoms with Crippen LogP contribution in [0, 0.1) is 10.8 Å². The largest absolute Gasteiger partial charge is 0.396 e. The Hall–Kier alpha value is -0.0800. The van der Waals surface area contributed by atoms with E-state index < -0.39 is 5.60 Å². The summed E-state index contributed by atoms with van der Waals surface area (Å²) in [5.41, 5.74) is -0.526. The maximum Gasteiger partial charge on any atom is 0.0730 e. The molecule has 0 bridgehead atoms. The highest BCUT2D eigenvalue weighted by Crippen LogP contribution is 2.57. The monoisotopic (exact) mass is 212 g/mol. The summed E-state index contributed by atoms with van der Waals surface area (Å²) in [5, 5.41) is 20.5. The predicted molar refractivity (Wildman–Crippen MR) is 60.6 cm³/mol. The van der Waals surface area contributed by atoms with Crippen molar-refractivity contribution in [3.63, 3.8) is 0 Å². The molecule has 2 fully saturated rings. The van der Waals surface area contributed by atoms with E-state index >= 15 is 0 Å². The van der Waals surface area contributed by atoms with Crippen LogP contribution in [0.15, 0.2) is 0 Å². The minimum absolute atomic E-state index is 0.166. The Balaban J connectivity index is 2.21. The normalized spacial score (nSPS) is 38.4. The highest BCUT2D eigenvalue weighted by molar-refractivity contribution is 5.07. The number of rotatable bonds is 2. The lowest BCUT2D eigenvalue weighted by Crippen LogP contribution is -2.47. The molecular formula is C13H24O2. The van der Waals surface area contributed by atoms with Crippen molar-refractivity contribution in [2.24, 2.45) is 10.8 Å². The summed E-state index contributed by atoms with van der Waals surface area (Å²) in [7, 11) is 0. The van der Waals surface area contributed by atoms with E-state index in [9.17, 15) is 10.2 Å². The number of aliphatic hydroxyl groups excluding tert-OH is 1. The third-order valence-electron chi connectivity index (χ3n) is 4.84. The van der Waals surface area contributed by atoms with Gasteiger partial charge in [-0.1, -0.05) is 26.7 Å². The summed E-state index contributed by atoms with van der Waals surface area (Å²) >= 11 is 0. The van der Waals surface area contributed by atoms with Gasteiger partial charge in [-0.25, -0.2) is 0 Å². The zero-order chi connectivity index (χ0) is 11.2. The molecule has 2 aliphatic rings. The molecule has 0 radical (unpaired) electrons. The lowest BCUT2D eigenvalue weighted by molar-refractivity contribution is -0.107. The molecule has 0 saturated heterocycles. The minimum atomic E-state index is -0.595. The number of hydrogen-bond donors (Lipinski definition) is 2. The summed E-state index contributed by atoms with van der Waals surface area (Å²) < 4.78 is 0. The van der Waals surface area contributed by atoms with Crippen molar-refractivity contribution in [2.75, 3.05) is 6.61 Å². The van der Waals surface area contributed by atoms with E-state index in [2.05, 4.69) is 13.8 Å². The van der Waals surface area contributed by atoms with Crippen LogP contribution in [0.5, 0.6) is 0 Å². The van der Waals surface area contributed by atoms with Crippen LogP contribution in [0.2, 0.25) is 0 Å². The van der Waals surface area contributed by atoms with Gasteiger partial charge in [-0.05, 0) is 37.5 Å². The van der Waals surface area contributed by atoms with Crippen molar-refractivity contribution in [1.29, 1.82) is 0 Å². The van der Waals surface area contributed by atoms with Crippen LogP contribution in [0.3, 0.4) is 0 Å². The molecule has 1 unspecified atom stereocenters. The molecule has 2 heteroatoms. The standard InChI is InChI=1S/C13H24O2/c1-11(2)7-8-13(15,9-11)12(10-14)5-3-4-6-12/h14-15H,3-10H2,1-2H3. The Kier molecular flexibility index (Phi) is 2.63. The van der Waals surface area contributed by atoms with E-state index in [-0.39, 0.29) is 17.4 Å². The highest BCUT2D eigenvalue weighted by Gasteiger charge is 2.56. The molecule has 0 heterocycles. The van der Waals surface area contributed by atoms with Crippen molar-refractivity contribution in [3.8, 4) is 0 Å². The summed E-state index contributed by atoms with van der Waals surface area (Å²) in [6.07, 6.45) is 7.19. The Morgan fingerprint density at radius 2 is 1.60 bits per heavy atom. The molecule has 2 N–H and O–H groups in total. The van der Waals surface area contributed by atoms with E-state index in [0.717, 1.165) is 32.1 Å². The fraction of sp³-hybridized carbons (Fsp3) is 1.00. The topological polar surface area (TPSA) is 40.5 Å². The smallest absolute Gasteiger partial charge is 0.0730 e. The van der Waals surface area contributed by atoms with Crippen LogP contribution >= 0.6 is 0 Å². The molecule has 2 aliphatic carbocycles. The van der Waals surface area contributed by atoms with Gasteiger partial charge in [0.05, 0.1) is 12.2 Å². The van der Waals surface area contributed by atoms with Gasteiger partial charge in [0, 0.05) is 5.41 Å². The first-order valence-electron chi connectivity index (χ1n) is 6.26. The highest BCUT2D eigenvalue weighted by atomic mass is 16.3. The van der Waals surface area contributed by atoms with Gasteiger partial charge in [-0.15, -0.1) is 0 Å². The predicted octanol–water partition coefficient (Wildman–Crippen LogP) is 2.48. The second-order valence-corrected chi connectivity index (χ2v) is 6.52. The average Bonchev–Trinajstić information content (AvgIpc) is 2.72. The molecule has 88 valence electrons. The van der Waals surface area contributed by atoms with Crippen LogP contribution in [0.4, 0.5) is 0 Å². The maximum atomic E-state index is 10.8. The molecule has 2 nitrogen and oxygen atoms in total. The molecule has 15 heavy (non-hydrogen) atoms. The first kappa shape index (κ1) is 11.4. The molecular weight excluding hydrogens is 188 g/mol. The van der Waals surface area contributed by atoms with Gasteiger partial charge < -0.3 is 10.2 Å². The Morgan fingerprint density at radius 3 is 2.00 bits per heavy atom. The van der Waals surface area contributed by atoms with E-state index in [1.54, 1.807) is 0 Å². The van der Waals surface area contributed by atoms with Gasteiger partial charge in [0.25, 0.3) is 0 Å². The van der Waals surface area contributed by atoms with Gasteiger partial charge in [0.15, 0.2) is 0 Å². The van der Waals surface area contributed by atoms with Crippen molar-refractivity contribution in [2.45, 2.75) is 64.4 Å². The lowest BCUT2D eigenvalue weighted by Gasteiger charge is -2.42. The van der Waals surface area contributed by atoms with Crippen LogP contribution < -0.4 is 0 Å². The Labute approximate surface area is 92.7 Å². The van der Waals surface area contributed by atoms with Gasteiger partial charge in [0.2, 0.25) is 0 Å². The first-order valence-corrected chi connectivity index (χ1v) is 6.26. The number of aliphatic hydroxyl groups is 2. The zero-order valence-electron chi connectivity index (χ0n) is 10.1. The van der Waals surface area contributed by atoms with Crippen molar-refractivity contribution >= 4 is 0 Å². The summed E-state index contributed by atoms with van der Waals surface area (Å²) in [6.45, 7) is 4.62. The van der Waals surface area contributed by atoms with Crippen molar-refractivity contribution in [3.05, 3.63) is 0 Å². The maximum absolute atomic E-state index is 10.8. The van der Waals surface area contributed by atoms with Crippen LogP contribution in [0.25, 0.3) is 0 Å².